The van der Waals surface area contributed by atoms with Crippen LogP contribution in [0.15, 0.2) is 170 Å². The van der Waals surface area contributed by atoms with E-state index in [-0.39, 0.29) is 0 Å². The van der Waals surface area contributed by atoms with Crippen LogP contribution < -0.4 is 0 Å². The first-order valence-electron chi connectivity index (χ1n) is 18.5. The Hall–Kier alpha value is -6.51. The van der Waals surface area contributed by atoms with Crippen LogP contribution in [0.4, 0.5) is 0 Å². The number of rotatable bonds is 6. The molecule has 0 radical (unpaired) electrons. The predicted octanol–water partition coefficient (Wildman–Crippen LogP) is 14.3. The molecule has 0 saturated heterocycles. The minimum Gasteiger partial charge on any atom is -0.309 e. The van der Waals surface area contributed by atoms with Crippen molar-refractivity contribution in [3.63, 3.8) is 0 Å². The van der Waals surface area contributed by atoms with Crippen LogP contribution in [0, 0.1) is 13.8 Å². The van der Waals surface area contributed by atoms with Gasteiger partial charge < -0.3 is 4.57 Å². The second kappa shape index (κ2) is 13.2. The number of benzene rings is 7. The Balaban J connectivity index is 1.26. The summed E-state index contributed by atoms with van der Waals surface area (Å²) in [4.78, 5) is 4.56. The number of aromatic nitrogens is 2. The van der Waals surface area contributed by atoms with Crippen LogP contribution in [0.1, 0.15) is 25.0 Å². The Morgan fingerprint density at radius 1 is 0.528 bits per heavy atom. The standard InChI is InChI=1S/C51H40N2/c1-5-7-18-37(15-6-2)53-48-28-25-36(31-46(48)47-32-52-30-29-49(47)53)39-26-27-45(41-21-11-10-20-40(39)41)51-34(4)33(3)50(43-22-12-13-23-44(43)51)42-24-14-17-35-16-8-9-19-38(35)42/h5-32H,1-4H3/b7-5-,15-6-,37-18+. The van der Waals surface area contributed by atoms with E-state index in [1.807, 2.05) is 19.3 Å². The lowest BCUT2D eigenvalue weighted by molar-refractivity contribution is 1.23. The van der Waals surface area contributed by atoms with Crippen molar-refractivity contribution < 1.29 is 0 Å². The van der Waals surface area contributed by atoms with Crippen molar-refractivity contribution in [3.05, 3.63) is 181 Å². The van der Waals surface area contributed by atoms with Crippen LogP contribution in [-0.2, 0) is 0 Å². The smallest absolute Gasteiger partial charge is 0.0571 e. The third-order valence-corrected chi connectivity index (χ3v) is 11.0. The molecular weight excluding hydrogens is 641 g/mol. The van der Waals surface area contributed by atoms with E-state index in [9.17, 15) is 0 Å². The molecule has 0 unspecified atom stereocenters. The predicted molar refractivity (Wildman–Crippen MR) is 229 cm³/mol. The SMILES string of the molecule is C\C=C/C=C(\C=C/C)n1c2ccncc2c2cc(-c3ccc(-c4c(C)c(C)c(-c5cccc6ccccc56)c5ccccc45)c4ccccc34)ccc21. The number of hydrogen-bond acceptors (Lipinski definition) is 1. The maximum Gasteiger partial charge on any atom is 0.0571 e. The van der Waals surface area contributed by atoms with Gasteiger partial charge >= 0.3 is 0 Å². The summed E-state index contributed by atoms with van der Waals surface area (Å²) in [6, 6.07) is 47.0. The molecule has 0 bridgehead atoms. The lowest BCUT2D eigenvalue weighted by Crippen LogP contribution is -1.97. The van der Waals surface area contributed by atoms with Crippen LogP contribution in [0.5, 0.6) is 0 Å². The Morgan fingerprint density at radius 2 is 1.13 bits per heavy atom. The first kappa shape index (κ1) is 32.4. The quantitative estimate of drug-likeness (QED) is 0.160. The highest BCUT2D eigenvalue weighted by Gasteiger charge is 2.21. The van der Waals surface area contributed by atoms with Gasteiger partial charge in [-0.25, -0.2) is 0 Å². The molecule has 53 heavy (non-hydrogen) atoms. The third-order valence-electron chi connectivity index (χ3n) is 11.0. The van der Waals surface area contributed by atoms with Gasteiger partial charge in [-0.2, -0.15) is 0 Å². The lowest BCUT2D eigenvalue weighted by Gasteiger charge is -2.22. The molecule has 0 aliphatic rings. The van der Waals surface area contributed by atoms with Gasteiger partial charge in [-0.15, -0.1) is 0 Å². The average molecular weight is 681 g/mol. The van der Waals surface area contributed by atoms with E-state index in [1.54, 1.807) is 0 Å². The molecule has 2 heterocycles. The minimum atomic E-state index is 1.11. The molecule has 0 atom stereocenters. The second-order valence-corrected chi connectivity index (χ2v) is 13.9. The highest BCUT2D eigenvalue weighted by atomic mass is 15.0. The van der Waals surface area contributed by atoms with E-state index >= 15 is 0 Å². The second-order valence-electron chi connectivity index (χ2n) is 13.9. The Bertz CT molecular complexity index is 2980. The summed E-state index contributed by atoms with van der Waals surface area (Å²) < 4.78 is 2.34. The maximum atomic E-state index is 4.56. The molecule has 9 rings (SSSR count). The minimum absolute atomic E-state index is 1.11. The zero-order valence-electron chi connectivity index (χ0n) is 30.6. The number of pyridine rings is 1. The molecule has 0 aliphatic carbocycles. The molecule has 0 aliphatic heterocycles. The van der Waals surface area contributed by atoms with E-state index in [0.717, 1.165) is 22.1 Å². The summed E-state index contributed by atoms with van der Waals surface area (Å²) in [6.45, 7) is 8.72. The summed E-state index contributed by atoms with van der Waals surface area (Å²) >= 11 is 0. The number of allylic oxidation sites excluding steroid dienone is 6. The third kappa shape index (κ3) is 5.21. The summed E-state index contributed by atoms with van der Waals surface area (Å²) in [6.07, 6.45) is 14.5. The summed E-state index contributed by atoms with van der Waals surface area (Å²) in [5.74, 6) is 0. The maximum absolute atomic E-state index is 4.56. The molecule has 2 nitrogen and oxygen atoms in total. The molecule has 0 N–H and O–H groups in total. The fourth-order valence-electron chi connectivity index (χ4n) is 8.49. The van der Waals surface area contributed by atoms with E-state index in [4.69, 9.17) is 0 Å². The van der Waals surface area contributed by atoms with Crippen molar-refractivity contribution in [1.29, 1.82) is 0 Å². The van der Waals surface area contributed by atoms with Gasteiger partial charge in [0.25, 0.3) is 0 Å². The Labute approximate surface area is 310 Å². The van der Waals surface area contributed by atoms with Gasteiger partial charge in [-0.05, 0) is 135 Å². The van der Waals surface area contributed by atoms with Crippen molar-refractivity contribution >= 4 is 59.8 Å². The summed E-state index contributed by atoms with van der Waals surface area (Å²) in [7, 11) is 0. The van der Waals surface area contributed by atoms with Crippen molar-refractivity contribution in [2.24, 2.45) is 0 Å². The highest BCUT2D eigenvalue weighted by Crippen LogP contribution is 2.46. The molecule has 2 aromatic heterocycles. The zero-order valence-corrected chi connectivity index (χ0v) is 30.6. The first-order valence-corrected chi connectivity index (χ1v) is 18.5. The van der Waals surface area contributed by atoms with E-state index < -0.39 is 0 Å². The molecule has 0 fully saturated rings. The molecule has 0 amide bonds. The largest absolute Gasteiger partial charge is 0.309 e. The van der Waals surface area contributed by atoms with E-state index in [2.05, 4.69) is 188 Å². The normalized spacial score (nSPS) is 12.5. The monoisotopic (exact) mass is 680 g/mol. The van der Waals surface area contributed by atoms with E-state index in [0.29, 0.717) is 0 Å². The Kier molecular flexibility index (Phi) is 8.09. The van der Waals surface area contributed by atoms with Gasteiger partial charge in [0.05, 0.1) is 11.0 Å². The molecule has 2 heteroatoms. The van der Waals surface area contributed by atoms with Gasteiger partial charge in [0, 0.05) is 28.9 Å². The molecule has 0 spiro atoms. The van der Waals surface area contributed by atoms with Gasteiger partial charge in [-0.1, -0.05) is 127 Å². The molecule has 7 aromatic carbocycles. The Morgan fingerprint density at radius 3 is 1.85 bits per heavy atom. The van der Waals surface area contributed by atoms with Crippen molar-refractivity contribution in [2.45, 2.75) is 27.7 Å². The topological polar surface area (TPSA) is 17.8 Å². The van der Waals surface area contributed by atoms with Crippen LogP contribution in [0.3, 0.4) is 0 Å². The summed E-state index contributed by atoms with van der Waals surface area (Å²) in [5, 5.41) is 9.94. The average Bonchev–Trinajstić information content (AvgIpc) is 3.53. The fourth-order valence-corrected chi connectivity index (χ4v) is 8.49. The molecule has 0 saturated carbocycles. The van der Waals surface area contributed by atoms with Crippen molar-refractivity contribution in [3.8, 4) is 33.4 Å². The van der Waals surface area contributed by atoms with Crippen molar-refractivity contribution in [1.82, 2.24) is 9.55 Å². The van der Waals surface area contributed by atoms with Crippen molar-refractivity contribution in [2.75, 3.05) is 0 Å². The van der Waals surface area contributed by atoms with Crippen LogP contribution >= 0.6 is 0 Å². The van der Waals surface area contributed by atoms with Crippen LogP contribution in [-0.4, -0.2) is 9.55 Å². The van der Waals surface area contributed by atoms with Crippen LogP contribution in [0.2, 0.25) is 0 Å². The van der Waals surface area contributed by atoms with Gasteiger partial charge in [0.15, 0.2) is 0 Å². The zero-order chi connectivity index (χ0) is 36.1. The molecule has 254 valence electrons. The van der Waals surface area contributed by atoms with E-state index in [1.165, 1.54) is 82.2 Å². The fraction of sp³-hybridized carbons (Fsp3) is 0.0784. The molecule has 9 aromatic rings. The molecular formula is C51H40N2. The van der Waals surface area contributed by atoms with Gasteiger partial charge in [0.1, 0.15) is 0 Å². The number of nitrogens with zero attached hydrogens (tertiary/aromatic N) is 2. The lowest BCUT2D eigenvalue weighted by atomic mass is 9.82. The van der Waals surface area contributed by atoms with Crippen LogP contribution in [0.25, 0.3) is 93.2 Å². The van der Waals surface area contributed by atoms with Gasteiger partial charge in [-0.3, -0.25) is 4.98 Å². The summed E-state index contributed by atoms with van der Waals surface area (Å²) in [5.41, 5.74) is 13.6. The van der Waals surface area contributed by atoms with Gasteiger partial charge in [0.2, 0.25) is 0 Å². The number of fused-ring (bicyclic) bond motifs is 6. The highest BCUT2D eigenvalue weighted by molar-refractivity contribution is 6.17. The first-order chi connectivity index (χ1) is 26.1. The number of hydrogen-bond donors (Lipinski definition) is 0.